The maximum absolute atomic E-state index is 13.2. The van der Waals surface area contributed by atoms with E-state index in [1.807, 2.05) is 58.3 Å². The van der Waals surface area contributed by atoms with Gasteiger partial charge in [-0.3, -0.25) is 9.48 Å². The van der Waals surface area contributed by atoms with Gasteiger partial charge < -0.3 is 9.64 Å². The third-order valence-corrected chi connectivity index (χ3v) is 5.28. The van der Waals surface area contributed by atoms with Crippen LogP contribution in [0.4, 0.5) is 0 Å². The molecule has 6 heteroatoms. The standard InChI is InChI=1S/C22H26N4O2/c1-14-5-9-17(10-6-14)28-12-11-25(3)22(27)18-13-19(16-7-8-16)23-21-20(18)15(2)24-26(21)4/h5-6,9-10,13,16H,7-8,11-12H2,1-4H3. The zero-order chi connectivity index (χ0) is 19.8. The highest BCUT2D eigenvalue weighted by Gasteiger charge is 2.29. The summed E-state index contributed by atoms with van der Waals surface area (Å²) in [5.41, 5.74) is 4.51. The molecule has 146 valence electrons. The summed E-state index contributed by atoms with van der Waals surface area (Å²) in [6.45, 7) is 4.93. The van der Waals surface area contributed by atoms with Crippen molar-refractivity contribution < 1.29 is 9.53 Å². The zero-order valence-corrected chi connectivity index (χ0v) is 16.9. The molecular formula is C22H26N4O2. The quantitative estimate of drug-likeness (QED) is 0.657. The summed E-state index contributed by atoms with van der Waals surface area (Å²) in [5.74, 6) is 1.27. The first-order valence-corrected chi connectivity index (χ1v) is 9.73. The number of hydrogen-bond donors (Lipinski definition) is 0. The van der Waals surface area contributed by atoms with E-state index in [4.69, 9.17) is 9.72 Å². The number of hydrogen-bond acceptors (Lipinski definition) is 4. The topological polar surface area (TPSA) is 60.2 Å². The first-order valence-electron chi connectivity index (χ1n) is 9.73. The lowest BCUT2D eigenvalue weighted by Gasteiger charge is -2.19. The van der Waals surface area contributed by atoms with Gasteiger partial charge in [-0.25, -0.2) is 4.98 Å². The fraction of sp³-hybridized carbons (Fsp3) is 0.409. The molecule has 0 saturated heterocycles. The normalized spacial score (nSPS) is 13.7. The molecule has 0 radical (unpaired) electrons. The molecule has 0 N–H and O–H groups in total. The molecule has 0 spiro atoms. The van der Waals surface area contributed by atoms with Crippen molar-refractivity contribution in [2.75, 3.05) is 20.2 Å². The molecule has 28 heavy (non-hydrogen) atoms. The van der Waals surface area contributed by atoms with Crippen molar-refractivity contribution in [2.24, 2.45) is 7.05 Å². The third-order valence-electron chi connectivity index (χ3n) is 5.28. The predicted octanol–water partition coefficient (Wildman–Crippen LogP) is 3.61. The SMILES string of the molecule is Cc1ccc(OCCN(C)C(=O)c2cc(C3CC3)nc3c2c(C)nn3C)cc1. The number of ether oxygens (including phenoxy) is 1. The van der Waals surface area contributed by atoms with Gasteiger partial charge in [0.25, 0.3) is 5.91 Å². The van der Waals surface area contributed by atoms with Crippen molar-refractivity contribution in [3.05, 3.63) is 52.8 Å². The van der Waals surface area contributed by atoms with E-state index in [9.17, 15) is 4.79 Å². The van der Waals surface area contributed by atoms with E-state index in [0.29, 0.717) is 24.6 Å². The number of rotatable bonds is 6. The summed E-state index contributed by atoms with van der Waals surface area (Å²) in [7, 11) is 3.70. The van der Waals surface area contributed by atoms with Crippen LogP contribution in [0.25, 0.3) is 11.0 Å². The molecule has 1 fully saturated rings. The van der Waals surface area contributed by atoms with Crippen LogP contribution in [0.3, 0.4) is 0 Å². The van der Waals surface area contributed by atoms with Crippen LogP contribution < -0.4 is 4.74 Å². The van der Waals surface area contributed by atoms with Gasteiger partial charge in [-0.05, 0) is 44.9 Å². The molecular weight excluding hydrogens is 352 g/mol. The number of carbonyl (C=O) groups excluding carboxylic acids is 1. The molecule has 0 aliphatic heterocycles. The van der Waals surface area contributed by atoms with Gasteiger partial charge >= 0.3 is 0 Å². The summed E-state index contributed by atoms with van der Waals surface area (Å²) in [4.78, 5) is 19.7. The van der Waals surface area contributed by atoms with E-state index in [2.05, 4.69) is 5.10 Å². The van der Waals surface area contributed by atoms with E-state index in [0.717, 1.165) is 41.0 Å². The van der Waals surface area contributed by atoms with Gasteiger partial charge in [0, 0.05) is 25.7 Å². The Morgan fingerprint density at radius 3 is 2.64 bits per heavy atom. The van der Waals surface area contributed by atoms with Crippen LogP contribution in [0.5, 0.6) is 5.75 Å². The van der Waals surface area contributed by atoms with Gasteiger partial charge in [0.05, 0.1) is 23.2 Å². The molecule has 4 rings (SSSR count). The molecule has 1 aliphatic rings. The molecule has 0 unspecified atom stereocenters. The van der Waals surface area contributed by atoms with Gasteiger partial charge in [0.2, 0.25) is 0 Å². The molecule has 2 aromatic heterocycles. The van der Waals surface area contributed by atoms with Gasteiger partial charge in [0.15, 0.2) is 5.65 Å². The number of benzene rings is 1. The van der Waals surface area contributed by atoms with Crippen molar-refractivity contribution in [3.63, 3.8) is 0 Å². The fourth-order valence-electron chi connectivity index (χ4n) is 3.46. The number of carbonyl (C=O) groups is 1. The lowest BCUT2D eigenvalue weighted by molar-refractivity contribution is 0.0775. The minimum atomic E-state index is -0.0158. The first-order chi connectivity index (χ1) is 13.4. The maximum atomic E-state index is 13.2. The maximum Gasteiger partial charge on any atom is 0.254 e. The Morgan fingerprint density at radius 2 is 1.96 bits per heavy atom. The van der Waals surface area contributed by atoms with Gasteiger partial charge in [-0.1, -0.05) is 17.7 Å². The van der Waals surface area contributed by atoms with Crippen LogP contribution in [0.1, 0.15) is 46.1 Å². The predicted molar refractivity (Wildman–Crippen MR) is 109 cm³/mol. The van der Waals surface area contributed by atoms with Crippen molar-refractivity contribution in [2.45, 2.75) is 32.6 Å². The fourth-order valence-corrected chi connectivity index (χ4v) is 3.46. The highest BCUT2D eigenvalue weighted by Crippen LogP contribution is 2.40. The Labute approximate surface area is 165 Å². The van der Waals surface area contributed by atoms with E-state index in [1.54, 1.807) is 9.58 Å². The minimum Gasteiger partial charge on any atom is -0.492 e. The van der Waals surface area contributed by atoms with Crippen LogP contribution in [-0.4, -0.2) is 45.8 Å². The number of fused-ring (bicyclic) bond motifs is 1. The molecule has 0 bridgehead atoms. The van der Waals surface area contributed by atoms with Crippen molar-refractivity contribution in [3.8, 4) is 5.75 Å². The van der Waals surface area contributed by atoms with E-state index >= 15 is 0 Å². The van der Waals surface area contributed by atoms with Crippen molar-refractivity contribution in [1.82, 2.24) is 19.7 Å². The Morgan fingerprint density at radius 1 is 1.25 bits per heavy atom. The molecule has 0 atom stereocenters. The highest BCUT2D eigenvalue weighted by molar-refractivity contribution is 6.06. The van der Waals surface area contributed by atoms with Gasteiger partial charge in [0.1, 0.15) is 12.4 Å². The molecule has 1 aromatic carbocycles. The number of pyridine rings is 1. The highest BCUT2D eigenvalue weighted by atomic mass is 16.5. The van der Waals surface area contributed by atoms with Crippen LogP contribution in [0.15, 0.2) is 30.3 Å². The summed E-state index contributed by atoms with van der Waals surface area (Å²) in [6.07, 6.45) is 2.28. The number of aryl methyl sites for hydroxylation is 3. The Bertz CT molecular complexity index is 1020. The number of nitrogens with zero attached hydrogens (tertiary/aromatic N) is 4. The summed E-state index contributed by atoms with van der Waals surface area (Å²) < 4.78 is 7.55. The second kappa shape index (κ2) is 7.26. The number of likely N-dealkylation sites (N-methyl/N-ethyl adjacent to an activating group) is 1. The van der Waals surface area contributed by atoms with Crippen LogP contribution in [-0.2, 0) is 7.05 Å². The average Bonchev–Trinajstić information content (AvgIpc) is 3.49. The smallest absolute Gasteiger partial charge is 0.254 e. The largest absolute Gasteiger partial charge is 0.492 e. The van der Waals surface area contributed by atoms with Crippen molar-refractivity contribution >= 4 is 16.9 Å². The van der Waals surface area contributed by atoms with Crippen LogP contribution in [0, 0.1) is 13.8 Å². The van der Waals surface area contributed by atoms with Gasteiger partial charge in [-0.2, -0.15) is 5.10 Å². The van der Waals surface area contributed by atoms with E-state index in [1.165, 1.54) is 5.56 Å². The molecule has 6 nitrogen and oxygen atoms in total. The lowest BCUT2D eigenvalue weighted by atomic mass is 10.1. The molecule has 1 saturated carbocycles. The second-order valence-electron chi connectivity index (χ2n) is 7.66. The summed E-state index contributed by atoms with van der Waals surface area (Å²) in [5, 5.41) is 5.33. The van der Waals surface area contributed by atoms with Crippen molar-refractivity contribution in [1.29, 1.82) is 0 Å². The monoisotopic (exact) mass is 378 g/mol. The second-order valence-corrected chi connectivity index (χ2v) is 7.66. The first kappa shape index (κ1) is 18.5. The summed E-state index contributed by atoms with van der Waals surface area (Å²) >= 11 is 0. The minimum absolute atomic E-state index is 0.0158. The van der Waals surface area contributed by atoms with Crippen LogP contribution in [0.2, 0.25) is 0 Å². The third kappa shape index (κ3) is 3.59. The van der Waals surface area contributed by atoms with Gasteiger partial charge in [-0.15, -0.1) is 0 Å². The van der Waals surface area contributed by atoms with E-state index in [-0.39, 0.29) is 5.91 Å². The molecule has 3 aromatic rings. The van der Waals surface area contributed by atoms with Crippen LogP contribution >= 0.6 is 0 Å². The lowest BCUT2D eigenvalue weighted by Crippen LogP contribution is -2.31. The average molecular weight is 378 g/mol. The molecule has 2 heterocycles. The Kier molecular flexibility index (Phi) is 4.79. The Balaban J connectivity index is 1.53. The molecule has 1 amide bonds. The molecule has 1 aliphatic carbocycles. The zero-order valence-electron chi connectivity index (χ0n) is 16.9. The number of amides is 1. The number of aromatic nitrogens is 3. The van der Waals surface area contributed by atoms with E-state index < -0.39 is 0 Å². The Hall–Kier alpha value is -2.89. The summed E-state index contributed by atoms with van der Waals surface area (Å²) in [6, 6.07) is 9.90.